The lowest BCUT2D eigenvalue weighted by atomic mass is 10.3. The van der Waals surface area contributed by atoms with E-state index >= 15 is 0 Å². The molecule has 1 rings (SSSR count). The molecular formula is C10H21N3O4S. The van der Waals surface area contributed by atoms with Crippen molar-refractivity contribution in [2.45, 2.75) is 6.42 Å². The van der Waals surface area contributed by atoms with Gasteiger partial charge in [0.25, 0.3) is 0 Å². The van der Waals surface area contributed by atoms with Crippen LogP contribution in [-0.2, 0) is 14.8 Å². The maximum absolute atomic E-state index is 11.7. The maximum atomic E-state index is 11.7. The molecule has 0 atom stereocenters. The maximum Gasteiger partial charge on any atom is 0.304 e. The average Bonchev–Trinajstić information content (AvgIpc) is 2.35. The van der Waals surface area contributed by atoms with Gasteiger partial charge in [0, 0.05) is 46.3 Å². The first-order chi connectivity index (χ1) is 8.42. The van der Waals surface area contributed by atoms with E-state index in [-0.39, 0.29) is 12.2 Å². The Kier molecular flexibility index (Phi) is 6.00. The van der Waals surface area contributed by atoms with Crippen molar-refractivity contribution in [3.05, 3.63) is 0 Å². The normalized spacial score (nSPS) is 18.1. The summed E-state index contributed by atoms with van der Waals surface area (Å²) in [7, 11) is -1.95. The topological polar surface area (TPSA) is 90.0 Å². The number of sulfonamides is 1. The lowest BCUT2D eigenvalue weighted by Crippen LogP contribution is -2.46. The smallest absolute Gasteiger partial charge is 0.304 e. The third kappa shape index (κ3) is 5.30. The molecule has 106 valence electrons. The van der Waals surface area contributed by atoms with Gasteiger partial charge in [-0.25, -0.2) is 12.7 Å². The van der Waals surface area contributed by atoms with Crippen LogP contribution in [0, 0.1) is 0 Å². The summed E-state index contributed by atoms with van der Waals surface area (Å²) in [6, 6.07) is 0. The highest BCUT2D eigenvalue weighted by atomic mass is 32.2. The number of carboxylic acids is 1. The highest BCUT2D eigenvalue weighted by Gasteiger charge is 2.20. The Bertz CT molecular complexity index is 365. The second-order valence-electron chi connectivity index (χ2n) is 4.37. The highest BCUT2D eigenvalue weighted by molar-refractivity contribution is 7.89. The van der Waals surface area contributed by atoms with Crippen LogP contribution in [0.25, 0.3) is 0 Å². The van der Waals surface area contributed by atoms with Crippen molar-refractivity contribution >= 4 is 16.0 Å². The van der Waals surface area contributed by atoms with Gasteiger partial charge in [0.15, 0.2) is 0 Å². The van der Waals surface area contributed by atoms with Crippen LogP contribution in [-0.4, -0.2) is 80.8 Å². The van der Waals surface area contributed by atoms with E-state index in [9.17, 15) is 13.2 Å². The van der Waals surface area contributed by atoms with E-state index in [2.05, 4.69) is 10.2 Å². The van der Waals surface area contributed by atoms with Crippen LogP contribution in [0.5, 0.6) is 0 Å². The Morgan fingerprint density at radius 3 is 2.56 bits per heavy atom. The van der Waals surface area contributed by atoms with Crippen LogP contribution in [0.2, 0.25) is 0 Å². The lowest BCUT2D eigenvalue weighted by Gasteiger charge is -2.28. The SMILES string of the molecule is CN(CCN1CCNCC1)S(=O)(=O)CCC(=O)O. The molecule has 0 spiro atoms. The minimum absolute atomic E-state index is 0.333. The van der Waals surface area contributed by atoms with Gasteiger partial charge in [-0.05, 0) is 0 Å². The molecule has 0 aromatic heterocycles. The summed E-state index contributed by atoms with van der Waals surface area (Å²) >= 11 is 0. The fraction of sp³-hybridized carbons (Fsp3) is 0.900. The number of hydrogen-bond acceptors (Lipinski definition) is 5. The van der Waals surface area contributed by atoms with Gasteiger partial charge in [-0.1, -0.05) is 0 Å². The second-order valence-corrected chi connectivity index (χ2v) is 6.57. The Morgan fingerprint density at radius 1 is 1.39 bits per heavy atom. The molecule has 1 fully saturated rings. The zero-order valence-corrected chi connectivity index (χ0v) is 11.4. The van der Waals surface area contributed by atoms with Crippen molar-refractivity contribution in [3.8, 4) is 0 Å². The zero-order valence-electron chi connectivity index (χ0n) is 10.6. The van der Waals surface area contributed by atoms with Crippen molar-refractivity contribution in [3.63, 3.8) is 0 Å². The third-order valence-corrected chi connectivity index (χ3v) is 4.84. The number of carbonyl (C=O) groups is 1. The molecule has 0 bridgehead atoms. The quantitative estimate of drug-likeness (QED) is 0.597. The number of aliphatic carboxylic acids is 1. The van der Waals surface area contributed by atoms with Crippen LogP contribution >= 0.6 is 0 Å². The largest absolute Gasteiger partial charge is 0.481 e. The first-order valence-corrected chi connectivity index (χ1v) is 7.61. The van der Waals surface area contributed by atoms with E-state index in [1.54, 1.807) is 0 Å². The molecule has 1 heterocycles. The van der Waals surface area contributed by atoms with Gasteiger partial charge in [0.1, 0.15) is 0 Å². The van der Waals surface area contributed by atoms with Crippen LogP contribution in [0.15, 0.2) is 0 Å². The Balaban J connectivity index is 2.33. The molecule has 0 saturated carbocycles. The molecule has 0 amide bonds. The number of nitrogens with zero attached hydrogens (tertiary/aromatic N) is 2. The van der Waals surface area contributed by atoms with E-state index < -0.39 is 16.0 Å². The van der Waals surface area contributed by atoms with E-state index in [4.69, 9.17) is 5.11 Å². The Hall–Kier alpha value is -0.700. The standard InChI is InChI=1S/C10H21N3O4S/c1-12(18(16,17)9-2-10(14)15)7-8-13-5-3-11-4-6-13/h11H,2-9H2,1H3,(H,14,15). The number of likely N-dealkylation sites (N-methyl/N-ethyl adjacent to an activating group) is 1. The first kappa shape index (κ1) is 15.4. The summed E-state index contributed by atoms with van der Waals surface area (Å²) in [4.78, 5) is 12.6. The van der Waals surface area contributed by atoms with Crippen LogP contribution in [0.4, 0.5) is 0 Å². The van der Waals surface area contributed by atoms with Gasteiger partial charge in [0.2, 0.25) is 10.0 Å². The van der Waals surface area contributed by atoms with E-state index in [0.29, 0.717) is 13.1 Å². The number of piperazine rings is 1. The van der Waals surface area contributed by atoms with Crippen LogP contribution < -0.4 is 5.32 Å². The number of nitrogens with one attached hydrogen (secondary N) is 1. The summed E-state index contributed by atoms with van der Waals surface area (Å²) in [5, 5.41) is 11.7. The molecule has 0 aromatic rings. The van der Waals surface area contributed by atoms with Gasteiger partial charge in [-0.15, -0.1) is 0 Å². The average molecular weight is 279 g/mol. The predicted molar refractivity (Wildman–Crippen MR) is 68.0 cm³/mol. The van der Waals surface area contributed by atoms with Crippen LogP contribution in [0.1, 0.15) is 6.42 Å². The van der Waals surface area contributed by atoms with Crippen molar-refractivity contribution in [1.29, 1.82) is 0 Å². The predicted octanol–water partition coefficient (Wildman–Crippen LogP) is -1.37. The minimum Gasteiger partial charge on any atom is -0.481 e. The van der Waals surface area contributed by atoms with Crippen LogP contribution in [0.3, 0.4) is 0 Å². The highest BCUT2D eigenvalue weighted by Crippen LogP contribution is 2.02. The summed E-state index contributed by atoms with van der Waals surface area (Å²) < 4.78 is 24.7. The van der Waals surface area contributed by atoms with E-state index in [1.165, 1.54) is 11.4 Å². The van der Waals surface area contributed by atoms with E-state index in [0.717, 1.165) is 26.2 Å². The molecule has 0 unspecified atom stereocenters. The fourth-order valence-corrected chi connectivity index (χ4v) is 2.83. The molecule has 1 aliphatic rings. The molecule has 0 radical (unpaired) electrons. The summed E-state index contributed by atoms with van der Waals surface area (Å²) in [5.41, 5.74) is 0. The first-order valence-electron chi connectivity index (χ1n) is 6.01. The molecular weight excluding hydrogens is 258 g/mol. The molecule has 0 aromatic carbocycles. The van der Waals surface area contributed by atoms with Gasteiger partial charge in [-0.2, -0.15) is 0 Å². The summed E-state index contributed by atoms with van der Waals surface area (Å²) in [6.45, 7) is 4.78. The van der Waals surface area contributed by atoms with Crippen molar-refractivity contribution < 1.29 is 18.3 Å². The fourth-order valence-electron chi connectivity index (χ4n) is 1.73. The number of hydrogen-bond donors (Lipinski definition) is 2. The molecule has 0 aliphatic carbocycles. The Labute approximate surface area is 108 Å². The molecule has 7 nitrogen and oxygen atoms in total. The lowest BCUT2D eigenvalue weighted by molar-refractivity contribution is -0.136. The number of carboxylic acid groups (broad SMARTS) is 1. The third-order valence-electron chi connectivity index (χ3n) is 2.99. The van der Waals surface area contributed by atoms with Gasteiger partial charge >= 0.3 is 5.97 Å². The van der Waals surface area contributed by atoms with E-state index in [1.807, 2.05) is 0 Å². The molecule has 1 saturated heterocycles. The monoisotopic (exact) mass is 279 g/mol. The second kappa shape index (κ2) is 7.03. The summed E-state index contributed by atoms with van der Waals surface area (Å²) in [6.07, 6.45) is -0.347. The molecule has 8 heteroatoms. The van der Waals surface area contributed by atoms with Gasteiger partial charge < -0.3 is 10.4 Å². The zero-order chi connectivity index (χ0) is 13.6. The van der Waals surface area contributed by atoms with Gasteiger partial charge in [0.05, 0.1) is 12.2 Å². The number of rotatable bonds is 7. The summed E-state index contributed by atoms with van der Waals surface area (Å²) in [5.74, 6) is -1.42. The Morgan fingerprint density at radius 2 is 2.00 bits per heavy atom. The molecule has 18 heavy (non-hydrogen) atoms. The van der Waals surface area contributed by atoms with Crippen molar-refractivity contribution in [2.75, 3.05) is 52.1 Å². The van der Waals surface area contributed by atoms with Crippen molar-refractivity contribution in [1.82, 2.24) is 14.5 Å². The van der Waals surface area contributed by atoms with Gasteiger partial charge in [-0.3, -0.25) is 9.69 Å². The molecule has 2 N–H and O–H groups in total. The van der Waals surface area contributed by atoms with Crippen molar-refractivity contribution in [2.24, 2.45) is 0 Å². The minimum atomic E-state index is -3.45. The molecule has 1 aliphatic heterocycles.